The highest BCUT2D eigenvalue weighted by atomic mass is 35.5. The number of phenols is 2. The predicted molar refractivity (Wildman–Crippen MR) is 253 cm³/mol. The van der Waals surface area contributed by atoms with Gasteiger partial charge in [-0.05, 0) is 86.3 Å². The summed E-state index contributed by atoms with van der Waals surface area (Å²) < 4.78 is 31.7. The van der Waals surface area contributed by atoms with Crippen LogP contribution in [-0.2, 0) is 14.6 Å². The van der Waals surface area contributed by atoms with Gasteiger partial charge >= 0.3 is 0 Å². The average molecular weight is 936 g/mol. The zero-order valence-corrected chi connectivity index (χ0v) is 38.5. The molecule has 1 aliphatic heterocycles. The second-order valence-corrected chi connectivity index (χ2v) is 19.1. The first-order valence-corrected chi connectivity index (χ1v) is 23.2. The first-order valence-electron chi connectivity index (χ1n) is 21.3. The van der Waals surface area contributed by atoms with E-state index in [1.165, 1.54) is 18.3 Å². The summed E-state index contributed by atoms with van der Waals surface area (Å²) in [5.74, 6) is -0.793. The van der Waals surface area contributed by atoms with Crippen LogP contribution >= 0.6 is 11.6 Å². The maximum Gasteiger partial charge on any atom is 0.274 e. The Labute approximate surface area is 387 Å². The lowest BCUT2D eigenvalue weighted by Crippen LogP contribution is -2.50. The van der Waals surface area contributed by atoms with Crippen LogP contribution in [0, 0.1) is 0 Å². The smallest absolute Gasteiger partial charge is 0.274 e. The van der Waals surface area contributed by atoms with Crippen LogP contribution in [-0.4, -0.2) is 106 Å². The molecular weight excluding hydrogens is 886 g/mol. The Morgan fingerprint density at radius 3 is 2.27 bits per heavy atom. The first-order chi connectivity index (χ1) is 31.5. The van der Waals surface area contributed by atoms with Gasteiger partial charge < -0.3 is 40.9 Å². The zero-order valence-electron chi connectivity index (χ0n) is 36.9. The van der Waals surface area contributed by atoms with Gasteiger partial charge in [0.1, 0.15) is 16.5 Å². The summed E-state index contributed by atoms with van der Waals surface area (Å²) in [5.41, 5.74) is 3.53. The van der Waals surface area contributed by atoms with Crippen molar-refractivity contribution in [1.29, 1.82) is 0 Å². The van der Waals surface area contributed by atoms with Crippen LogP contribution in [0.1, 0.15) is 66.9 Å². The van der Waals surface area contributed by atoms with Crippen LogP contribution < -0.4 is 21.3 Å². The van der Waals surface area contributed by atoms with E-state index in [0.29, 0.717) is 72.0 Å². The van der Waals surface area contributed by atoms with Gasteiger partial charge in [-0.1, -0.05) is 60.9 Å². The lowest BCUT2D eigenvalue weighted by Gasteiger charge is -2.34. The number of benzene rings is 4. The van der Waals surface area contributed by atoms with E-state index in [1.807, 2.05) is 18.7 Å². The van der Waals surface area contributed by atoms with Crippen molar-refractivity contribution in [2.45, 2.75) is 50.7 Å². The number of hydrogen-bond donors (Lipinski definition) is 6. The summed E-state index contributed by atoms with van der Waals surface area (Å²) in [6.45, 7) is 10.9. The standard InChI is InChI=1S/C47H50ClN9O8S/c1-6-49-45(61)42-41(43(65-55-42)34-23-33(27(2)3)37(58)24-38(34)59)29-14-16-30(17-15-29)46(62)57-20-18-56(19-21-57)26-40(60)51-31-10-9-11-32(22-31)52-47-50-25-35(48)44(54-47)53-36-12-7-8-13-39(36)66(63,64)28(4)5/h7-17,22-25,27-28,58-59H,6,18-21,26H2,1-5H3,(H,49,61)(H,51,60)(H2,50,52,53,54). The highest BCUT2D eigenvalue weighted by molar-refractivity contribution is 7.92. The second kappa shape index (κ2) is 20.0. The number of para-hydroxylation sites is 1. The van der Waals surface area contributed by atoms with Gasteiger partial charge in [0.25, 0.3) is 11.8 Å². The van der Waals surface area contributed by atoms with E-state index in [4.69, 9.17) is 16.1 Å². The van der Waals surface area contributed by atoms with Gasteiger partial charge in [-0.25, -0.2) is 13.4 Å². The van der Waals surface area contributed by atoms with Crippen molar-refractivity contribution in [3.8, 4) is 33.9 Å². The highest BCUT2D eigenvalue weighted by Gasteiger charge is 2.29. The van der Waals surface area contributed by atoms with Crippen molar-refractivity contribution in [1.82, 2.24) is 30.2 Å². The quantitative estimate of drug-likeness (QED) is 0.0577. The molecule has 6 aromatic rings. The average Bonchev–Trinajstić information content (AvgIpc) is 3.73. The summed E-state index contributed by atoms with van der Waals surface area (Å²) in [6.07, 6.45) is 1.39. The molecule has 7 rings (SSSR count). The van der Waals surface area contributed by atoms with E-state index in [9.17, 15) is 33.0 Å². The maximum atomic E-state index is 13.7. The Kier molecular flexibility index (Phi) is 14.2. The summed E-state index contributed by atoms with van der Waals surface area (Å²) in [4.78, 5) is 52.5. The second-order valence-electron chi connectivity index (χ2n) is 16.2. The number of carbonyl (C=O) groups is 3. The van der Waals surface area contributed by atoms with E-state index >= 15 is 0 Å². The third-order valence-corrected chi connectivity index (χ3v) is 13.4. The molecule has 0 spiro atoms. The molecule has 66 heavy (non-hydrogen) atoms. The van der Waals surface area contributed by atoms with Gasteiger partial charge in [0.2, 0.25) is 11.9 Å². The molecule has 0 aliphatic carbocycles. The number of hydrogen-bond acceptors (Lipinski definition) is 14. The van der Waals surface area contributed by atoms with E-state index < -0.39 is 21.0 Å². The van der Waals surface area contributed by atoms with Crippen molar-refractivity contribution in [2.24, 2.45) is 0 Å². The fourth-order valence-corrected chi connectivity index (χ4v) is 8.71. The van der Waals surface area contributed by atoms with Crippen molar-refractivity contribution in [3.05, 3.63) is 113 Å². The molecule has 6 N–H and O–H groups in total. The van der Waals surface area contributed by atoms with Crippen molar-refractivity contribution in [3.63, 3.8) is 0 Å². The Balaban J connectivity index is 0.958. The molecule has 0 unspecified atom stereocenters. The van der Waals surface area contributed by atoms with Crippen LogP contribution in [0.5, 0.6) is 11.5 Å². The number of phenolic OH excluding ortho intramolecular Hbond substituents is 2. The molecule has 0 radical (unpaired) electrons. The van der Waals surface area contributed by atoms with Gasteiger partial charge in [-0.15, -0.1) is 0 Å². The Bertz CT molecular complexity index is 2880. The SMILES string of the molecule is CCNC(=O)c1noc(-c2cc(C(C)C)c(O)cc2O)c1-c1ccc(C(=O)N2CCN(CC(=O)Nc3cccc(Nc4ncc(Cl)c(Nc5ccccc5S(=O)(=O)C(C)C)n4)c3)CC2)cc1. The largest absolute Gasteiger partial charge is 0.508 e. The van der Waals surface area contributed by atoms with E-state index in [0.717, 1.165) is 0 Å². The lowest BCUT2D eigenvalue weighted by atomic mass is 9.94. The molecule has 2 aromatic heterocycles. The Hall–Kier alpha value is -7.02. The normalized spacial score (nSPS) is 13.2. The molecule has 4 aromatic carbocycles. The molecular formula is C47H50ClN9O8S. The fourth-order valence-electron chi connectivity index (χ4n) is 7.37. The molecule has 3 heterocycles. The molecule has 0 bridgehead atoms. The van der Waals surface area contributed by atoms with Crippen molar-refractivity contribution < 1.29 is 37.5 Å². The first kappa shape index (κ1) is 47.0. The number of halogens is 1. The van der Waals surface area contributed by atoms with Crippen molar-refractivity contribution in [2.75, 3.05) is 55.2 Å². The summed E-state index contributed by atoms with van der Waals surface area (Å²) >= 11 is 6.41. The van der Waals surface area contributed by atoms with Crippen LogP contribution in [0.25, 0.3) is 22.5 Å². The molecule has 0 atom stereocenters. The minimum absolute atomic E-state index is 0.00649. The number of carbonyl (C=O) groups excluding carboxylic acids is 3. The molecule has 344 valence electrons. The molecule has 1 saturated heterocycles. The third-order valence-electron chi connectivity index (χ3n) is 10.9. The maximum absolute atomic E-state index is 13.7. The number of rotatable bonds is 15. The minimum atomic E-state index is -3.60. The number of piperazine rings is 1. The third kappa shape index (κ3) is 10.4. The van der Waals surface area contributed by atoms with Gasteiger partial charge in [0.05, 0.1) is 39.7 Å². The zero-order chi connectivity index (χ0) is 47.3. The number of amides is 3. The number of aromatic nitrogens is 3. The van der Waals surface area contributed by atoms with Gasteiger partial charge in [0, 0.05) is 55.7 Å². The number of sulfone groups is 1. The van der Waals surface area contributed by atoms with E-state index in [1.54, 1.807) is 98.5 Å². The van der Waals surface area contributed by atoms with Gasteiger partial charge in [-0.3, -0.25) is 19.3 Å². The topological polar surface area (TPSA) is 232 Å². The summed E-state index contributed by atoms with van der Waals surface area (Å²) in [5, 5.41) is 36.7. The van der Waals surface area contributed by atoms with Crippen LogP contribution in [0.15, 0.2) is 101 Å². The summed E-state index contributed by atoms with van der Waals surface area (Å²) in [6, 6.07) is 23.1. The molecule has 19 heteroatoms. The summed E-state index contributed by atoms with van der Waals surface area (Å²) in [7, 11) is -3.60. The number of nitrogens with zero attached hydrogens (tertiary/aromatic N) is 5. The fraction of sp³-hybridized carbons (Fsp3) is 0.277. The van der Waals surface area contributed by atoms with Crippen LogP contribution in [0.3, 0.4) is 0 Å². The highest BCUT2D eigenvalue weighted by Crippen LogP contribution is 2.43. The van der Waals surface area contributed by atoms with Gasteiger partial charge in [-0.2, -0.15) is 4.98 Å². The molecule has 1 fully saturated rings. The van der Waals surface area contributed by atoms with E-state index in [2.05, 4.69) is 36.4 Å². The number of nitrogens with one attached hydrogen (secondary N) is 4. The predicted octanol–water partition coefficient (Wildman–Crippen LogP) is 7.80. The number of aromatic hydroxyl groups is 2. The Morgan fingerprint density at radius 2 is 1.58 bits per heavy atom. The van der Waals surface area contributed by atoms with Crippen LogP contribution in [0.4, 0.5) is 28.8 Å². The minimum Gasteiger partial charge on any atom is -0.508 e. The monoisotopic (exact) mass is 935 g/mol. The van der Waals surface area contributed by atoms with Crippen LogP contribution in [0.2, 0.25) is 5.02 Å². The molecule has 1 aliphatic rings. The molecule has 0 saturated carbocycles. The van der Waals surface area contributed by atoms with Crippen molar-refractivity contribution >= 4 is 68.0 Å². The Morgan fingerprint density at radius 1 is 0.864 bits per heavy atom. The molecule has 17 nitrogen and oxygen atoms in total. The molecule has 3 amide bonds. The van der Waals surface area contributed by atoms with E-state index in [-0.39, 0.29) is 74.5 Å². The number of anilines is 5. The van der Waals surface area contributed by atoms with Gasteiger partial charge in [0.15, 0.2) is 27.1 Å². The lowest BCUT2D eigenvalue weighted by molar-refractivity contribution is -0.117.